The molecule has 0 N–H and O–H groups in total. The molecular weight excluding hydrogens is 735 g/mol. The molecule has 0 unspecified atom stereocenters. The van der Waals surface area contributed by atoms with Crippen molar-refractivity contribution in [1.82, 2.24) is 0 Å². The Morgan fingerprint density at radius 3 is 1.67 bits per heavy atom. The molecule has 3 aliphatic rings. The van der Waals surface area contributed by atoms with Gasteiger partial charge >= 0.3 is 6.85 Å². The Hall–Kier alpha value is -5.80. The zero-order chi connectivity index (χ0) is 43.0. The van der Waals surface area contributed by atoms with Crippen molar-refractivity contribution in [2.24, 2.45) is 0 Å². The normalized spacial score (nSPS) is 14.9. The largest absolute Gasteiger partial charge is 0.376 e. The zero-order valence-corrected chi connectivity index (χ0v) is 38.3. The van der Waals surface area contributed by atoms with Crippen LogP contribution in [0.1, 0.15) is 110 Å². The second kappa shape index (κ2) is 13.4. The summed E-state index contributed by atoms with van der Waals surface area (Å²) in [5, 5.41) is 0. The van der Waals surface area contributed by atoms with Crippen LogP contribution in [-0.2, 0) is 21.7 Å². The molecule has 0 fully saturated rings. The Morgan fingerprint density at radius 2 is 1.02 bits per heavy atom. The van der Waals surface area contributed by atoms with Crippen LogP contribution in [0.15, 0.2) is 140 Å². The predicted octanol–water partition coefficient (Wildman–Crippen LogP) is 14.6. The number of aryl methyl sites for hydroxylation is 1. The monoisotopic (exact) mass is 794 g/mol. The van der Waals surface area contributed by atoms with Gasteiger partial charge in [0.1, 0.15) is 0 Å². The molecule has 2 aliphatic heterocycles. The fraction of sp³-hybridized carbons (Fsp3) is 0.276. The first-order valence-corrected chi connectivity index (χ1v) is 22.3. The Balaban J connectivity index is 1.37. The highest BCUT2D eigenvalue weighted by molar-refractivity contribution is 6.94. The van der Waals surface area contributed by atoms with E-state index < -0.39 is 0 Å². The average Bonchev–Trinajstić information content (AvgIpc) is 3.45. The van der Waals surface area contributed by atoms with E-state index in [1.807, 2.05) is 0 Å². The van der Waals surface area contributed by atoms with Crippen LogP contribution < -0.4 is 20.6 Å². The Labute approximate surface area is 365 Å². The Kier molecular flexibility index (Phi) is 8.61. The van der Waals surface area contributed by atoms with Crippen LogP contribution in [0.5, 0.6) is 0 Å². The number of rotatable bonds is 3. The third-order valence-electron chi connectivity index (χ3n) is 14.0. The third kappa shape index (κ3) is 6.05. The first-order valence-electron chi connectivity index (χ1n) is 22.3. The van der Waals surface area contributed by atoms with Crippen molar-refractivity contribution in [3.05, 3.63) is 173 Å². The van der Waals surface area contributed by atoms with E-state index in [1.54, 1.807) is 0 Å². The van der Waals surface area contributed by atoms with Gasteiger partial charge in [0.15, 0.2) is 0 Å². The van der Waals surface area contributed by atoms with Gasteiger partial charge in [-0.3, -0.25) is 0 Å². The zero-order valence-electron chi connectivity index (χ0n) is 38.3. The molecule has 61 heavy (non-hydrogen) atoms. The molecule has 0 amide bonds. The van der Waals surface area contributed by atoms with Crippen molar-refractivity contribution in [3.8, 4) is 33.4 Å². The third-order valence-corrected chi connectivity index (χ3v) is 14.0. The molecule has 0 saturated carbocycles. The van der Waals surface area contributed by atoms with Gasteiger partial charge in [-0.2, -0.15) is 0 Å². The van der Waals surface area contributed by atoms with Crippen LogP contribution >= 0.6 is 0 Å². The SMILES string of the molecule is Cc1cc2c3c(c1)N(c1ccc(C(C)(C)C)cc1-c1ccccc1)c1ccc4c(c1B3N(c1ccc(C(C)(C)C)cc1)c1ccc(C(C)(C)C)cc1-2)-c1ccccc1C4(C)C. The van der Waals surface area contributed by atoms with Gasteiger partial charge < -0.3 is 9.71 Å². The van der Waals surface area contributed by atoms with E-state index in [1.165, 1.54) is 106 Å². The minimum Gasteiger partial charge on any atom is -0.376 e. The second-order valence-electron chi connectivity index (χ2n) is 21.6. The summed E-state index contributed by atoms with van der Waals surface area (Å²) in [4.78, 5) is 5.33. The number of benzene rings is 7. The molecule has 2 heterocycles. The summed E-state index contributed by atoms with van der Waals surface area (Å²) in [5.41, 5.74) is 24.7. The summed E-state index contributed by atoms with van der Waals surface area (Å²) in [7, 11) is 0. The van der Waals surface area contributed by atoms with Crippen LogP contribution in [0.4, 0.5) is 28.4 Å². The van der Waals surface area contributed by atoms with Crippen LogP contribution in [0.25, 0.3) is 33.4 Å². The highest BCUT2D eigenvalue weighted by atomic mass is 15.2. The average molecular weight is 795 g/mol. The second-order valence-corrected chi connectivity index (χ2v) is 21.6. The van der Waals surface area contributed by atoms with Crippen LogP contribution in [0.3, 0.4) is 0 Å². The molecule has 7 aromatic carbocycles. The lowest BCUT2D eigenvalue weighted by Crippen LogP contribution is -2.62. The van der Waals surface area contributed by atoms with Crippen molar-refractivity contribution < 1.29 is 0 Å². The van der Waals surface area contributed by atoms with E-state index in [2.05, 4.69) is 232 Å². The highest BCUT2D eigenvalue weighted by Crippen LogP contribution is 2.54. The molecule has 10 rings (SSSR count). The lowest BCUT2D eigenvalue weighted by Gasteiger charge is -2.47. The Bertz CT molecular complexity index is 2900. The predicted molar refractivity (Wildman–Crippen MR) is 264 cm³/mol. The van der Waals surface area contributed by atoms with Crippen LogP contribution in [0, 0.1) is 6.92 Å². The molecule has 2 nitrogen and oxygen atoms in total. The molecule has 0 atom stereocenters. The van der Waals surface area contributed by atoms with Gasteiger partial charge in [-0.1, -0.05) is 167 Å². The summed E-state index contributed by atoms with van der Waals surface area (Å²) < 4.78 is 0. The van der Waals surface area contributed by atoms with E-state index in [0.717, 1.165) is 0 Å². The highest BCUT2D eigenvalue weighted by Gasteiger charge is 2.50. The maximum absolute atomic E-state index is 2.70. The van der Waals surface area contributed by atoms with E-state index >= 15 is 0 Å². The first kappa shape index (κ1) is 39.3. The smallest absolute Gasteiger partial charge is 0.333 e. The molecule has 0 spiro atoms. The number of fused-ring (bicyclic) bond motifs is 8. The van der Waals surface area contributed by atoms with E-state index in [0.29, 0.717) is 0 Å². The van der Waals surface area contributed by atoms with Crippen molar-refractivity contribution in [1.29, 1.82) is 0 Å². The number of hydrogen-bond acceptors (Lipinski definition) is 2. The molecule has 0 bridgehead atoms. The molecule has 1 aliphatic carbocycles. The molecule has 0 radical (unpaired) electrons. The quantitative estimate of drug-likeness (QED) is 0.164. The van der Waals surface area contributed by atoms with Gasteiger partial charge in [0.25, 0.3) is 0 Å². The van der Waals surface area contributed by atoms with Crippen LogP contribution in [0.2, 0.25) is 0 Å². The van der Waals surface area contributed by atoms with E-state index in [4.69, 9.17) is 0 Å². The molecule has 304 valence electrons. The topological polar surface area (TPSA) is 6.48 Å². The minimum atomic E-state index is -0.154. The van der Waals surface area contributed by atoms with E-state index in [9.17, 15) is 0 Å². The lowest BCUT2D eigenvalue weighted by molar-refractivity contribution is 0.590. The maximum atomic E-state index is 2.70. The molecule has 7 aromatic rings. The van der Waals surface area contributed by atoms with Gasteiger partial charge in [-0.05, 0) is 138 Å². The summed E-state index contributed by atoms with van der Waals surface area (Å²) in [5.74, 6) is 0. The molecule has 0 aromatic heterocycles. The summed E-state index contributed by atoms with van der Waals surface area (Å²) in [6, 6.07) is 54.1. The van der Waals surface area contributed by atoms with Crippen molar-refractivity contribution in [3.63, 3.8) is 0 Å². The fourth-order valence-electron chi connectivity index (χ4n) is 10.6. The minimum absolute atomic E-state index is 0.0108. The standard InChI is InChI=1S/C58H59BN2/c1-36-32-45-44-35-40(57(8,9)10)25-30-49(44)61(41-26-22-38(23-27-41)55(2,3)4)59-53(45)51(33-36)60(48-29-24-39(56(5,6)7)34-43(48)37-18-14-13-15-19-37)50-31-28-47-52(54(50)59)42-20-16-17-21-46(42)58(47,11)12/h13-35H,1-12H3. The summed E-state index contributed by atoms with van der Waals surface area (Å²) in [6.07, 6.45) is 0. The van der Waals surface area contributed by atoms with Gasteiger partial charge in [-0.25, -0.2) is 0 Å². The number of nitrogens with zero attached hydrogens (tertiary/aromatic N) is 2. The van der Waals surface area contributed by atoms with Gasteiger partial charge in [0.05, 0.1) is 5.69 Å². The van der Waals surface area contributed by atoms with Crippen molar-refractivity contribution >= 4 is 46.2 Å². The van der Waals surface area contributed by atoms with Gasteiger partial charge in [0, 0.05) is 39.3 Å². The van der Waals surface area contributed by atoms with Crippen LogP contribution in [-0.4, -0.2) is 6.85 Å². The van der Waals surface area contributed by atoms with E-state index in [-0.39, 0.29) is 28.5 Å². The summed E-state index contributed by atoms with van der Waals surface area (Å²) in [6.45, 7) is 27.9. The fourth-order valence-corrected chi connectivity index (χ4v) is 10.6. The molecule has 0 saturated heterocycles. The summed E-state index contributed by atoms with van der Waals surface area (Å²) >= 11 is 0. The maximum Gasteiger partial charge on any atom is 0.333 e. The lowest BCUT2D eigenvalue weighted by atomic mass is 9.42. The molecular formula is C58H59BN2. The van der Waals surface area contributed by atoms with Gasteiger partial charge in [0.2, 0.25) is 0 Å². The number of hydrogen-bond donors (Lipinski definition) is 0. The Morgan fingerprint density at radius 1 is 0.443 bits per heavy atom. The van der Waals surface area contributed by atoms with Gasteiger partial charge in [-0.15, -0.1) is 0 Å². The molecule has 3 heteroatoms. The van der Waals surface area contributed by atoms with Crippen molar-refractivity contribution in [2.45, 2.75) is 105 Å². The first-order chi connectivity index (χ1) is 28.8. The number of anilines is 5. The van der Waals surface area contributed by atoms with Crippen molar-refractivity contribution in [2.75, 3.05) is 9.71 Å².